The Morgan fingerprint density at radius 3 is 2.79 bits per heavy atom. The Balaban J connectivity index is 2.11. The van der Waals surface area contributed by atoms with E-state index in [1.165, 1.54) is 17.1 Å². The molecule has 0 spiro atoms. The topological polar surface area (TPSA) is 82.9 Å². The molecule has 11 heteroatoms. The van der Waals surface area contributed by atoms with Gasteiger partial charge < -0.3 is 9.87 Å². The van der Waals surface area contributed by atoms with Crippen molar-refractivity contribution in [3.8, 4) is 5.69 Å². The van der Waals surface area contributed by atoms with Crippen LogP contribution in [0.3, 0.4) is 0 Å². The summed E-state index contributed by atoms with van der Waals surface area (Å²) in [5.41, 5.74) is 0.607. The molecule has 6 nitrogen and oxygen atoms in total. The molecule has 0 radical (unpaired) electrons. The van der Waals surface area contributed by atoms with Gasteiger partial charge in [-0.05, 0) is 23.3 Å². The number of carbonyl (C=O) groups excluding carboxylic acids is 1. The van der Waals surface area contributed by atoms with Gasteiger partial charge in [0, 0.05) is 6.20 Å². The van der Waals surface area contributed by atoms with Crippen molar-refractivity contribution in [2.75, 3.05) is 11.6 Å². The highest BCUT2D eigenvalue weighted by molar-refractivity contribution is 7.91. The van der Waals surface area contributed by atoms with Crippen LogP contribution in [0.25, 0.3) is 5.69 Å². The van der Waals surface area contributed by atoms with E-state index in [4.69, 9.17) is 11.6 Å². The first-order valence-corrected chi connectivity index (χ1v) is 8.52. The van der Waals surface area contributed by atoms with Crippen LogP contribution in [0.5, 0.6) is 0 Å². The van der Waals surface area contributed by atoms with E-state index in [-0.39, 0.29) is 10.8 Å². The molecule has 24 heavy (non-hydrogen) atoms. The van der Waals surface area contributed by atoms with Gasteiger partial charge in [0.25, 0.3) is 0 Å². The average molecular weight is 381 g/mol. The SMILES string of the molecule is C[S+]([O-])C(CC(=O)Nc1cn(-c2cccnc2)nc1Cl)C(F)(F)F. The average Bonchev–Trinajstić information content (AvgIpc) is 2.85. The lowest BCUT2D eigenvalue weighted by atomic mass is 10.3. The summed E-state index contributed by atoms with van der Waals surface area (Å²) in [5, 5.41) is 3.86. The standard InChI is InChI=1S/C13H12ClF3N4O2S/c1-24(23)10(13(15,16)17)5-11(22)19-9-7-21(20-12(9)14)8-3-2-4-18-6-8/h2-4,6-7,10H,5H2,1H3,(H,19,22). The lowest BCUT2D eigenvalue weighted by Gasteiger charge is -2.20. The lowest BCUT2D eigenvalue weighted by molar-refractivity contribution is -0.138. The molecule has 1 N–H and O–H groups in total. The van der Waals surface area contributed by atoms with Gasteiger partial charge in [0.15, 0.2) is 5.15 Å². The second-order valence-corrected chi connectivity index (χ2v) is 6.69. The monoisotopic (exact) mass is 380 g/mol. The number of aromatic nitrogens is 3. The normalized spacial score (nSPS) is 14.2. The Morgan fingerprint density at radius 2 is 2.25 bits per heavy atom. The van der Waals surface area contributed by atoms with Crippen molar-refractivity contribution < 1.29 is 22.5 Å². The third-order valence-electron chi connectivity index (χ3n) is 2.99. The van der Waals surface area contributed by atoms with Crippen molar-refractivity contribution in [2.45, 2.75) is 17.8 Å². The van der Waals surface area contributed by atoms with Gasteiger partial charge in [-0.3, -0.25) is 9.78 Å². The summed E-state index contributed by atoms with van der Waals surface area (Å²) in [6.45, 7) is 0. The van der Waals surface area contributed by atoms with Crippen LogP contribution < -0.4 is 5.32 Å². The molecule has 0 bridgehead atoms. The Morgan fingerprint density at radius 1 is 1.54 bits per heavy atom. The maximum atomic E-state index is 12.8. The second-order valence-electron chi connectivity index (χ2n) is 4.77. The zero-order valence-corrected chi connectivity index (χ0v) is 13.8. The summed E-state index contributed by atoms with van der Waals surface area (Å²) in [6.07, 6.45) is -0.405. The van der Waals surface area contributed by atoms with E-state index in [1.807, 2.05) is 0 Å². The number of nitrogens with zero attached hydrogens (tertiary/aromatic N) is 3. The van der Waals surface area contributed by atoms with Gasteiger partial charge in [0.05, 0.1) is 36.4 Å². The molecule has 0 aliphatic carbocycles. The van der Waals surface area contributed by atoms with Gasteiger partial charge in [-0.1, -0.05) is 11.6 Å². The van der Waals surface area contributed by atoms with Crippen LogP contribution in [0.4, 0.5) is 18.9 Å². The highest BCUT2D eigenvalue weighted by Gasteiger charge is 2.48. The van der Waals surface area contributed by atoms with E-state index in [9.17, 15) is 22.5 Å². The number of nitrogens with one attached hydrogen (secondary N) is 1. The molecule has 0 aromatic carbocycles. The molecule has 2 unspecified atom stereocenters. The third kappa shape index (κ3) is 4.62. The molecule has 2 aromatic heterocycles. The number of anilines is 1. The maximum absolute atomic E-state index is 12.8. The van der Waals surface area contributed by atoms with Crippen molar-refractivity contribution in [2.24, 2.45) is 0 Å². The van der Waals surface area contributed by atoms with Gasteiger partial charge in [0.2, 0.25) is 11.2 Å². The Bertz CT molecular complexity index is 709. The number of amides is 1. The zero-order valence-electron chi connectivity index (χ0n) is 12.2. The van der Waals surface area contributed by atoms with Crippen LogP contribution in [0, 0.1) is 0 Å². The van der Waals surface area contributed by atoms with E-state index < -0.39 is 34.9 Å². The summed E-state index contributed by atoms with van der Waals surface area (Å²) in [6, 6.07) is 3.34. The largest absolute Gasteiger partial charge is 0.616 e. The minimum Gasteiger partial charge on any atom is -0.616 e. The van der Waals surface area contributed by atoms with Gasteiger partial charge in [0.1, 0.15) is 0 Å². The van der Waals surface area contributed by atoms with Gasteiger partial charge in [-0.25, -0.2) is 4.68 Å². The van der Waals surface area contributed by atoms with Crippen molar-refractivity contribution >= 4 is 34.4 Å². The van der Waals surface area contributed by atoms with Crippen molar-refractivity contribution in [1.82, 2.24) is 14.8 Å². The Kier molecular flexibility index (Phi) is 5.73. The molecule has 2 heterocycles. The third-order valence-corrected chi connectivity index (χ3v) is 4.50. The Hall–Kier alpha value is -1.78. The zero-order chi connectivity index (χ0) is 17.9. The van der Waals surface area contributed by atoms with Crippen LogP contribution in [0.1, 0.15) is 6.42 Å². The number of hydrogen-bond acceptors (Lipinski definition) is 4. The molecule has 1 amide bonds. The number of hydrogen-bond donors (Lipinski definition) is 1. The van der Waals surface area contributed by atoms with Crippen molar-refractivity contribution in [1.29, 1.82) is 0 Å². The second kappa shape index (κ2) is 7.41. The number of rotatable bonds is 5. The van der Waals surface area contributed by atoms with Gasteiger partial charge in [-0.15, -0.1) is 0 Å². The van der Waals surface area contributed by atoms with Crippen molar-refractivity contribution in [3.63, 3.8) is 0 Å². The molecule has 130 valence electrons. The van der Waals surface area contributed by atoms with Crippen molar-refractivity contribution in [3.05, 3.63) is 35.9 Å². The Labute approximate surface area is 143 Å². The van der Waals surface area contributed by atoms with Crippen LogP contribution in [0.2, 0.25) is 5.15 Å². The molecule has 2 aromatic rings. The first-order chi connectivity index (χ1) is 11.2. The first-order valence-electron chi connectivity index (χ1n) is 6.53. The molecule has 0 aliphatic heterocycles. The molecule has 0 aliphatic rings. The first kappa shape index (κ1) is 18.6. The van der Waals surface area contributed by atoms with E-state index in [1.54, 1.807) is 18.3 Å². The predicted molar refractivity (Wildman–Crippen MR) is 83.5 cm³/mol. The molecular weight excluding hydrogens is 369 g/mol. The summed E-state index contributed by atoms with van der Waals surface area (Å²) >= 11 is 3.65. The minimum absolute atomic E-state index is 0.0494. The molecule has 2 rings (SSSR count). The summed E-state index contributed by atoms with van der Waals surface area (Å²) < 4.78 is 50.8. The van der Waals surface area contributed by atoms with Crippen LogP contribution in [-0.2, 0) is 16.0 Å². The number of alkyl halides is 3. The number of halogens is 4. The predicted octanol–water partition coefficient (Wildman–Crippen LogP) is 2.56. The summed E-state index contributed by atoms with van der Waals surface area (Å²) in [5.74, 6) is -0.958. The van der Waals surface area contributed by atoms with Crippen LogP contribution in [-0.4, -0.2) is 42.9 Å². The fourth-order valence-corrected chi connectivity index (χ4v) is 2.79. The van der Waals surface area contributed by atoms with E-state index in [0.29, 0.717) is 5.69 Å². The molecule has 0 saturated carbocycles. The van der Waals surface area contributed by atoms with Crippen LogP contribution >= 0.6 is 11.6 Å². The highest BCUT2D eigenvalue weighted by Crippen LogP contribution is 2.29. The highest BCUT2D eigenvalue weighted by atomic mass is 35.5. The minimum atomic E-state index is -4.74. The van der Waals surface area contributed by atoms with Gasteiger partial charge >= 0.3 is 6.18 Å². The van der Waals surface area contributed by atoms with Gasteiger partial charge in [-0.2, -0.15) is 18.3 Å². The number of pyridine rings is 1. The summed E-state index contributed by atoms with van der Waals surface area (Å²) in [4.78, 5) is 15.7. The lowest BCUT2D eigenvalue weighted by Crippen LogP contribution is -2.39. The smallest absolute Gasteiger partial charge is 0.436 e. The van der Waals surface area contributed by atoms with E-state index >= 15 is 0 Å². The quantitative estimate of drug-likeness (QED) is 0.808. The molecule has 0 saturated heterocycles. The molecule has 0 fully saturated rings. The summed E-state index contributed by atoms with van der Waals surface area (Å²) in [7, 11) is 0. The maximum Gasteiger partial charge on any atom is 0.436 e. The molecule has 2 atom stereocenters. The number of carbonyl (C=O) groups is 1. The fraction of sp³-hybridized carbons (Fsp3) is 0.308. The molecular formula is C13H12ClF3N4O2S. The van der Waals surface area contributed by atoms with E-state index in [0.717, 1.165) is 6.26 Å². The van der Waals surface area contributed by atoms with E-state index in [2.05, 4.69) is 15.4 Å². The van der Waals surface area contributed by atoms with Crippen LogP contribution in [0.15, 0.2) is 30.7 Å². The fourth-order valence-electron chi connectivity index (χ4n) is 1.85.